The molecule has 0 aliphatic carbocycles. The molecule has 16 heavy (non-hydrogen) atoms. The fourth-order valence-corrected chi connectivity index (χ4v) is 3.08. The average molecular weight is 240 g/mol. The molecule has 0 heterocycles. The van der Waals surface area contributed by atoms with Gasteiger partial charge in [0.1, 0.15) is 13.2 Å². The minimum Gasteiger partial charge on any atom is -0.319 e. The zero-order valence-electron chi connectivity index (χ0n) is 9.78. The van der Waals surface area contributed by atoms with Gasteiger partial charge in [0.25, 0.3) is 0 Å². The third-order valence-electron chi connectivity index (χ3n) is 2.65. The zero-order valence-corrected chi connectivity index (χ0v) is 10.8. The second kappa shape index (κ2) is 6.19. The van der Waals surface area contributed by atoms with Gasteiger partial charge in [-0.3, -0.25) is 0 Å². The third-order valence-corrected chi connectivity index (χ3v) is 4.61. The van der Waals surface area contributed by atoms with Crippen LogP contribution in [0.2, 0.25) is 0 Å². The Balaban J connectivity index is 2.65. The van der Waals surface area contributed by atoms with Crippen molar-refractivity contribution in [2.24, 2.45) is 11.5 Å². The lowest BCUT2D eigenvalue weighted by Crippen LogP contribution is -2.47. The summed E-state index contributed by atoms with van der Waals surface area (Å²) in [6.45, 7) is 2.12. The molecular formula is C12H21N2OP. The van der Waals surface area contributed by atoms with E-state index in [1.807, 2.05) is 30.3 Å². The number of nitrogens with two attached hydrogens (primary N) is 2. The van der Waals surface area contributed by atoms with Gasteiger partial charge in [0.05, 0.1) is 0 Å². The fourth-order valence-electron chi connectivity index (χ4n) is 1.64. The second-order valence-corrected chi connectivity index (χ2v) is 6.36. The predicted molar refractivity (Wildman–Crippen MR) is 70.3 cm³/mol. The summed E-state index contributed by atoms with van der Waals surface area (Å²) in [6, 6.07) is 9.27. The highest BCUT2D eigenvalue weighted by atomic mass is 31.1. The van der Waals surface area contributed by atoms with Crippen LogP contribution < -0.4 is 16.8 Å². The standard InChI is InChI=1S/C12H21N2OP/c1-2-3-7-10-12(13,14)16(15)11-8-5-4-6-9-11/h4-6,8-9,16H,2-3,7,10,13-14H2,1H3. The third kappa shape index (κ3) is 3.75. The van der Waals surface area contributed by atoms with Crippen LogP contribution in [0.1, 0.15) is 32.6 Å². The van der Waals surface area contributed by atoms with Crippen LogP contribution in [0, 0.1) is 0 Å². The van der Waals surface area contributed by atoms with Crippen molar-refractivity contribution in [3.63, 3.8) is 0 Å². The minimum absolute atomic E-state index is 0.619. The van der Waals surface area contributed by atoms with E-state index in [0.717, 1.165) is 24.6 Å². The highest BCUT2D eigenvalue weighted by Crippen LogP contribution is 2.33. The maximum absolute atomic E-state index is 12.2. The van der Waals surface area contributed by atoms with Gasteiger partial charge < -0.3 is 16.0 Å². The van der Waals surface area contributed by atoms with Gasteiger partial charge in [-0.25, -0.2) is 0 Å². The first-order valence-electron chi connectivity index (χ1n) is 5.75. The van der Waals surface area contributed by atoms with Crippen molar-refractivity contribution in [2.75, 3.05) is 0 Å². The molecule has 1 unspecified atom stereocenters. The van der Waals surface area contributed by atoms with Crippen LogP contribution in [-0.2, 0) is 4.57 Å². The quantitative estimate of drug-likeness (QED) is 0.454. The molecular weight excluding hydrogens is 219 g/mol. The Labute approximate surface area is 98.0 Å². The van der Waals surface area contributed by atoms with Gasteiger partial charge in [0.2, 0.25) is 0 Å². The zero-order chi connectivity index (χ0) is 12.0. The molecule has 90 valence electrons. The van der Waals surface area contributed by atoms with Gasteiger partial charge in [-0.2, -0.15) is 0 Å². The van der Waals surface area contributed by atoms with E-state index in [-0.39, 0.29) is 0 Å². The molecule has 0 fully saturated rings. The van der Waals surface area contributed by atoms with Crippen LogP contribution in [0.3, 0.4) is 0 Å². The van der Waals surface area contributed by atoms with E-state index in [4.69, 9.17) is 11.5 Å². The van der Waals surface area contributed by atoms with E-state index in [1.54, 1.807) is 0 Å². The Kier molecular flexibility index (Phi) is 5.20. The number of rotatable bonds is 6. The van der Waals surface area contributed by atoms with Gasteiger partial charge in [0.15, 0.2) is 0 Å². The molecule has 1 rings (SSSR count). The molecule has 0 spiro atoms. The average Bonchev–Trinajstić information content (AvgIpc) is 2.29. The molecule has 0 aromatic heterocycles. The number of hydrogen-bond donors (Lipinski definition) is 2. The first-order chi connectivity index (χ1) is 7.58. The van der Waals surface area contributed by atoms with E-state index in [2.05, 4.69) is 6.92 Å². The van der Waals surface area contributed by atoms with Crippen LogP contribution in [-0.4, -0.2) is 5.40 Å². The summed E-state index contributed by atoms with van der Waals surface area (Å²) in [5, 5.41) is -0.268. The lowest BCUT2D eigenvalue weighted by atomic mass is 10.2. The Hall–Kier alpha value is -0.630. The maximum Gasteiger partial charge on any atom is 0.136 e. The van der Waals surface area contributed by atoms with Gasteiger partial charge >= 0.3 is 0 Å². The van der Waals surface area contributed by atoms with Gasteiger partial charge in [-0.1, -0.05) is 50.1 Å². The highest BCUT2D eigenvalue weighted by Gasteiger charge is 2.27. The first kappa shape index (κ1) is 13.4. The Bertz CT molecular complexity index is 338. The second-order valence-electron chi connectivity index (χ2n) is 4.19. The molecule has 4 heteroatoms. The lowest BCUT2D eigenvalue weighted by Gasteiger charge is -2.24. The van der Waals surface area contributed by atoms with E-state index in [1.165, 1.54) is 0 Å². The van der Waals surface area contributed by atoms with E-state index in [0.29, 0.717) is 6.42 Å². The van der Waals surface area contributed by atoms with Gasteiger partial charge in [0, 0.05) is 5.30 Å². The molecule has 0 aliphatic heterocycles. The summed E-state index contributed by atoms with van der Waals surface area (Å²) in [7, 11) is -2.12. The van der Waals surface area contributed by atoms with Crippen molar-refractivity contribution >= 4 is 13.1 Å². The van der Waals surface area contributed by atoms with Crippen LogP contribution in [0.15, 0.2) is 30.3 Å². The predicted octanol–water partition coefficient (Wildman–Crippen LogP) is 2.02. The summed E-state index contributed by atoms with van der Waals surface area (Å²) in [5.41, 5.74) is 11.9. The molecule has 0 amide bonds. The van der Waals surface area contributed by atoms with Crippen molar-refractivity contribution in [1.82, 2.24) is 0 Å². The molecule has 1 aromatic carbocycles. The van der Waals surface area contributed by atoms with Gasteiger partial charge in [-0.05, 0) is 12.8 Å². The van der Waals surface area contributed by atoms with Crippen molar-refractivity contribution in [2.45, 2.75) is 38.0 Å². The van der Waals surface area contributed by atoms with E-state index < -0.39 is 13.2 Å². The molecule has 1 atom stereocenters. The van der Waals surface area contributed by atoms with Crippen LogP contribution >= 0.6 is 7.80 Å². The maximum atomic E-state index is 12.2. The SMILES string of the molecule is CCCCCC(N)(N)[PH](=O)c1ccccc1. The molecule has 0 saturated heterocycles. The first-order valence-corrected chi connectivity index (χ1v) is 7.16. The lowest BCUT2D eigenvalue weighted by molar-refractivity contribution is 0.495. The highest BCUT2D eigenvalue weighted by molar-refractivity contribution is 7.55. The molecule has 0 saturated carbocycles. The van der Waals surface area contributed by atoms with Crippen molar-refractivity contribution in [3.05, 3.63) is 30.3 Å². The molecule has 0 aliphatic rings. The molecule has 1 aromatic rings. The molecule has 4 N–H and O–H groups in total. The topological polar surface area (TPSA) is 69.1 Å². The molecule has 3 nitrogen and oxygen atoms in total. The number of benzene rings is 1. The smallest absolute Gasteiger partial charge is 0.136 e. The monoisotopic (exact) mass is 240 g/mol. The Morgan fingerprint density at radius 2 is 1.81 bits per heavy atom. The molecule has 0 radical (unpaired) electrons. The summed E-state index contributed by atoms with van der Waals surface area (Å²) in [5.74, 6) is 0. The Morgan fingerprint density at radius 3 is 2.38 bits per heavy atom. The summed E-state index contributed by atoms with van der Waals surface area (Å²) in [6.07, 6.45) is 3.75. The van der Waals surface area contributed by atoms with Crippen molar-refractivity contribution in [3.8, 4) is 0 Å². The van der Waals surface area contributed by atoms with Crippen LogP contribution in [0.4, 0.5) is 0 Å². The Morgan fingerprint density at radius 1 is 1.19 bits per heavy atom. The fraction of sp³-hybridized carbons (Fsp3) is 0.500. The summed E-state index contributed by atoms with van der Waals surface area (Å²) in [4.78, 5) is 0. The minimum atomic E-state index is -2.12. The molecule has 0 bridgehead atoms. The largest absolute Gasteiger partial charge is 0.319 e. The normalized spacial score (nSPS) is 13.7. The van der Waals surface area contributed by atoms with Crippen molar-refractivity contribution < 1.29 is 4.57 Å². The number of unbranched alkanes of at least 4 members (excludes halogenated alkanes) is 2. The summed E-state index contributed by atoms with van der Waals surface area (Å²) < 4.78 is 12.2. The van der Waals surface area contributed by atoms with Crippen LogP contribution in [0.25, 0.3) is 0 Å². The number of hydrogen-bond acceptors (Lipinski definition) is 3. The van der Waals surface area contributed by atoms with E-state index in [9.17, 15) is 4.57 Å². The van der Waals surface area contributed by atoms with Gasteiger partial charge in [-0.15, -0.1) is 0 Å². The van der Waals surface area contributed by atoms with Crippen molar-refractivity contribution in [1.29, 1.82) is 0 Å². The van der Waals surface area contributed by atoms with Crippen LogP contribution in [0.5, 0.6) is 0 Å². The summed E-state index contributed by atoms with van der Waals surface area (Å²) >= 11 is 0. The van der Waals surface area contributed by atoms with E-state index >= 15 is 0 Å².